The monoisotopic (exact) mass is 323 g/mol. The molecule has 0 saturated carbocycles. The summed E-state index contributed by atoms with van der Waals surface area (Å²) >= 11 is 0. The zero-order valence-electron chi connectivity index (χ0n) is 13.8. The number of hydrogen-bond donors (Lipinski definition) is 0. The molecule has 1 heterocycles. The Balaban J connectivity index is 1.89. The van der Waals surface area contributed by atoms with Crippen LogP contribution in [0.5, 0.6) is 0 Å². The van der Waals surface area contributed by atoms with Gasteiger partial charge in [-0.25, -0.2) is 14.2 Å². The van der Waals surface area contributed by atoms with E-state index in [0.717, 1.165) is 5.56 Å². The van der Waals surface area contributed by atoms with Crippen LogP contribution in [0.1, 0.15) is 37.5 Å². The molecule has 0 unspecified atom stereocenters. The van der Waals surface area contributed by atoms with Gasteiger partial charge in [0.25, 0.3) is 0 Å². The lowest BCUT2D eigenvalue weighted by molar-refractivity contribution is -0.129. The van der Waals surface area contributed by atoms with E-state index >= 15 is 0 Å². The number of ether oxygens (including phenoxy) is 1. The van der Waals surface area contributed by atoms with Crippen molar-refractivity contribution in [1.82, 2.24) is 0 Å². The average Bonchev–Trinajstić information content (AvgIpc) is 2.88. The number of aliphatic imine (C=N–C) groups is 1. The molecule has 3 nitrogen and oxygen atoms in total. The number of benzene rings is 2. The Kier molecular flexibility index (Phi) is 4.06. The summed E-state index contributed by atoms with van der Waals surface area (Å²) < 4.78 is 18.5. The quantitative estimate of drug-likeness (QED) is 0.604. The van der Waals surface area contributed by atoms with Crippen LogP contribution in [-0.4, -0.2) is 11.9 Å². The van der Waals surface area contributed by atoms with Crippen LogP contribution in [0.2, 0.25) is 0 Å². The Morgan fingerprint density at radius 3 is 2.42 bits per heavy atom. The van der Waals surface area contributed by atoms with E-state index < -0.39 is 5.97 Å². The van der Waals surface area contributed by atoms with Crippen LogP contribution < -0.4 is 0 Å². The summed E-state index contributed by atoms with van der Waals surface area (Å²) in [4.78, 5) is 16.2. The molecule has 122 valence electrons. The van der Waals surface area contributed by atoms with Gasteiger partial charge in [0.2, 0.25) is 5.90 Å². The predicted octanol–water partition coefficient (Wildman–Crippen LogP) is 4.47. The van der Waals surface area contributed by atoms with Crippen LogP contribution in [0.25, 0.3) is 6.08 Å². The van der Waals surface area contributed by atoms with Crippen molar-refractivity contribution in [2.24, 2.45) is 4.99 Å². The molecule has 0 N–H and O–H groups in total. The standard InChI is InChI=1S/C20H18FNO2/c1-20(2,3)15-9-7-14(8-10-15)18-22-17(19(23)24-18)12-13-5-4-6-16(21)11-13/h4-12H,1-3H3/b17-12-. The molecule has 0 bridgehead atoms. The van der Waals surface area contributed by atoms with E-state index in [1.54, 1.807) is 12.1 Å². The summed E-state index contributed by atoms with van der Waals surface area (Å²) in [6.45, 7) is 6.40. The van der Waals surface area contributed by atoms with Gasteiger partial charge in [-0.05, 0) is 46.9 Å². The molecule has 1 aliphatic rings. The summed E-state index contributed by atoms with van der Waals surface area (Å²) in [6.07, 6.45) is 1.52. The Hall–Kier alpha value is -2.75. The van der Waals surface area contributed by atoms with Crippen molar-refractivity contribution in [1.29, 1.82) is 0 Å². The van der Waals surface area contributed by atoms with Crippen molar-refractivity contribution >= 4 is 17.9 Å². The molecule has 2 aromatic rings. The van der Waals surface area contributed by atoms with Gasteiger partial charge in [-0.3, -0.25) is 0 Å². The molecule has 0 fully saturated rings. The first-order valence-corrected chi connectivity index (χ1v) is 7.72. The van der Waals surface area contributed by atoms with Gasteiger partial charge in [0.15, 0.2) is 5.70 Å². The average molecular weight is 323 g/mol. The van der Waals surface area contributed by atoms with Gasteiger partial charge in [-0.1, -0.05) is 45.0 Å². The summed E-state index contributed by atoms with van der Waals surface area (Å²) in [5.74, 6) is -0.630. The topological polar surface area (TPSA) is 38.7 Å². The first-order valence-electron chi connectivity index (χ1n) is 7.72. The van der Waals surface area contributed by atoms with E-state index in [4.69, 9.17) is 4.74 Å². The van der Waals surface area contributed by atoms with E-state index in [0.29, 0.717) is 5.56 Å². The second-order valence-electron chi connectivity index (χ2n) is 6.72. The maximum absolute atomic E-state index is 13.2. The number of carbonyl (C=O) groups is 1. The van der Waals surface area contributed by atoms with Crippen LogP contribution in [0.4, 0.5) is 4.39 Å². The highest BCUT2D eigenvalue weighted by Gasteiger charge is 2.24. The molecule has 0 saturated heterocycles. The molecule has 1 aliphatic heterocycles. The smallest absolute Gasteiger partial charge is 0.363 e. The van der Waals surface area contributed by atoms with Gasteiger partial charge < -0.3 is 4.74 Å². The number of carbonyl (C=O) groups excluding carboxylic acids is 1. The summed E-state index contributed by atoms with van der Waals surface area (Å²) in [7, 11) is 0. The maximum atomic E-state index is 13.2. The highest BCUT2D eigenvalue weighted by Crippen LogP contribution is 2.24. The SMILES string of the molecule is CC(C)(C)c1ccc(C2=N/C(=C\c3cccc(F)c3)C(=O)O2)cc1. The van der Waals surface area contributed by atoms with Gasteiger partial charge in [-0.2, -0.15) is 0 Å². The van der Waals surface area contributed by atoms with Crippen molar-refractivity contribution in [3.05, 3.63) is 76.7 Å². The Bertz CT molecular complexity index is 843. The van der Waals surface area contributed by atoms with E-state index in [2.05, 4.69) is 25.8 Å². The van der Waals surface area contributed by atoms with Gasteiger partial charge in [0.05, 0.1) is 0 Å². The third kappa shape index (κ3) is 3.43. The lowest BCUT2D eigenvalue weighted by Crippen LogP contribution is -2.11. The van der Waals surface area contributed by atoms with Crippen LogP contribution in [-0.2, 0) is 14.9 Å². The second-order valence-corrected chi connectivity index (χ2v) is 6.72. The molecule has 3 rings (SSSR count). The van der Waals surface area contributed by atoms with Gasteiger partial charge in [0, 0.05) is 5.56 Å². The van der Waals surface area contributed by atoms with E-state index in [1.807, 2.05) is 24.3 Å². The first-order chi connectivity index (χ1) is 11.3. The molecule has 0 aliphatic carbocycles. The number of cyclic esters (lactones) is 1. The largest absolute Gasteiger partial charge is 0.402 e. The number of rotatable bonds is 2. The minimum atomic E-state index is -0.533. The van der Waals surface area contributed by atoms with Crippen molar-refractivity contribution in [2.45, 2.75) is 26.2 Å². The second kappa shape index (κ2) is 6.04. The van der Waals surface area contributed by atoms with Crippen LogP contribution in [0.3, 0.4) is 0 Å². The van der Waals surface area contributed by atoms with Gasteiger partial charge in [-0.15, -0.1) is 0 Å². The van der Waals surface area contributed by atoms with E-state index in [-0.39, 0.29) is 22.8 Å². The predicted molar refractivity (Wildman–Crippen MR) is 92.1 cm³/mol. The lowest BCUT2D eigenvalue weighted by atomic mass is 9.87. The zero-order chi connectivity index (χ0) is 17.3. The molecule has 0 radical (unpaired) electrons. The van der Waals surface area contributed by atoms with Crippen LogP contribution >= 0.6 is 0 Å². The van der Waals surface area contributed by atoms with Crippen molar-refractivity contribution in [3.8, 4) is 0 Å². The molecular formula is C20H18FNO2. The van der Waals surface area contributed by atoms with Gasteiger partial charge >= 0.3 is 5.97 Å². The molecule has 0 amide bonds. The zero-order valence-corrected chi connectivity index (χ0v) is 13.8. The number of halogens is 1. The minimum Gasteiger partial charge on any atom is -0.402 e. The van der Waals surface area contributed by atoms with Crippen LogP contribution in [0.15, 0.2) is 59.2 Å². The van der Waals surface area contributed by atoms with Crippen molar-refractivity contribution < 1.29 is 13.9 Å². The number of esters is 1. The molecule has 0 spiro atoms. The maximum Gasteiger partial charge on any atom is 0.363 e. The molecule has 24 heavy (non-hydrogen) atoms. The molecule has 4 heteroatoms. The Labute approximate surface area is 140 Å². The third-order valence-electron chi connectivity index (χ3n) is 3.77. The third-order valence-corrected chi connectivity index (χ3v) is 3.77. The van der Waals surface area contributed by atoms with E-state index in [9.17, 15) is 9.18 Å². The Morgan fingerprint density at radius 1 is 1.08 bits per heavy atom. The minimum absolute atomic E-state index is 0.0507. The summed E-state index contributed by atoms with van der Waals surface area (Å²) in [6, 6.07) is 13.7. The fourth-order valence-corrected chi connectivity index (χ4v) is 2.40. The van der Waals surface area contributed by atoms with Crippen LogP contribution in [0, 0.1) is 5.82 Å². The summed E-state index contributed by atoms with van der Waals surface area (Å²) in [5, 5.41) is 0. The Morgan fingerprint density at radius 2 is 1.79 bits per heavy atom. The lowest BCUT2D eigenvalue weighted by Gasteiger charge is -2.18. The molecule has 0 aromatic heterocycles. The molecule has 0 atom stereocenters. The summed E-state index contributed by atoms with van der Waals surface area (Å²) in [5.41, 5.74) is 2.70. The van der Waals surface area contributed by atoms with E-state index in [1.165, 1.54) is 23.8 Å². The first kappa shape index (κ1) is 16.1. The normalized spacial score (nSPS) is 16.2. The van der Waals surface area contributed by atoms with Crippen molar-refractivity contribution in [2.75, 3.05) is 0 Å². The van der Waals surface area contributed by atoms with Crippen molar-refractivity contribution in [3.63, 3.8) is 0 Å². The highest BCUT2D eigenvalue weighted by atomic mass is 19.1. The number of nitrogens with zero attached hydrogens (tertiary/aromatic N) is 1. The van der Waals surface area contributed by atoms with Gasteiger partial charge in [0.1, 0.15) is 5.82 Å². The number of hydrogen-bond acceptors (Lipinski definition) is 3. The fourth-order valence-electron chi connectivity index (χ4n) is 2.40. The highest BCUT2D eigenvalue weighted by molar-refractivity contribution is 6.12. The molecule has 2 aromatic carbocycles. The fraction of sp³-hybridized carbons (Fsp3) is 0.200. The molecular weight excluding hydrogens is 305 g/mol.